The summed E-state index contributed by atoms with van der Waals surface area (Å²) >= 11 is 0. The third-order valence-electron chi connectivity index (χ3n) is 7.49. The Labute approximate surface area is 190 Å². The van der Waals surface area contributed by atoms with Crippen LogP contribution in [-0.4, -0.2) is 6.29 Å². The highest BCUT2D eigenvalue weighted by Crippen LogP contribution is 2.49. The molecular formula is C30H30O2. The second kappa shape index (κ2) is 8.16. The first-order chi connectivity index (χ1) is 15.8. The van der Waals surface area contributed by atoms with E-state index in [1.54, 1.807) is 0 Å². The molecule has 0 atom stereocenters. The molecule has 4 aromatic rings. The molecule has 32 heavy (non-hydrogen) atoms. The minimum atomic E-state index is -0.236. The zero-order chi connectivity index (χ0) is 21.5. The van der Waals surface area contributed by atoms with Crippen molar-refractivity contribution in [2.75, 3.05) is 0 Å². The smallest absolute Gasteiger partial charge is 0.243 e. The molecule has 6 rings (SSSR count). The maximum absolute atomic E-state index is 6.71. The number of hydrogen-bond donors (Lipinski definition) is 0. The Morgan fingerprint density at radius 2 is 1.19 bits per heavy atom. The molecule has 0 unspecified atom stereocenters. The molecule has 1 fully saturated rings. The summed E-state index contributed by atoms with van der Waals surface area (Å²) in [6, 6.07) is 25.9. The summed E-state index contributed by atoms with van der Waals surface area (Å²) in [6.07, 6.45) is 7.34. The molecule has 2 aliphatic rings. The van der Waals surface area contributed by atoms with Gasteiger partial charge in [-0.3, -0.25) is 0 Å². The van der Waals surface area contributed by atoms with Crippen molar-refractivity contribution in [3.63, 3.8) is 0 Å². The first-order valence-electron chi connectivity index (χ1n) is 12.2. The van der Waals surface area contributed by atoms with Crippen molar-refractivity contribution >= 4 is 21.5 Å². The predicted molar refractivity (Wildman–Crippen MR) is 132 cm³/mol. The van der Waals surface area contributed by atoms with Crippen molar-refractivity contribution in [3.8, 4) is 22.6 Å². The van der Waals surface area contributed by atoms with Crippen molar-refractivity contribution in [1.82, 2.24) is 0 Å². The molecule has 0 amide bonds. The first kappa shape index (κ1) is 19.7. The molecule has 0 saturated heterocycles. The van der Waals surface area contributed by atoms with Crippen LogP contribution < -0.4 is 9.47 Å². The molecule has 162 valence electrons. The molecular weight excluding hydrogens is 392 g/mol. The van der Waals surface area contributed by atoms with E-state index in [9.17, 15) is 0 Å². The van der Waals surface area contributed by atoms with Crippen LogP contribution in [0.1, 0.15) is 45.4 Å². The Hall–Kier alpha value is -3.00. The molecule has 2 heteroatoms. The number of ether oxygens (including phenoxy) is 2. The Bertz CT molecular complexity index is 1180. The predicted octanol–water partition coefficient (Wildman–Crippen LogP) is 8.36. The van der Waals surface area contributed by atoms with Crippen LogP contribution in [0.5, 0.6) is 11.5 Å². The summed E-state index contributed by atoms with van der Waals surface area (Å²) in [7, 11) is 0. The number of benzene rings is 4. The molecule has 1 heterocycles. The van der Waals surface area contributed by atoms with Gasteiger partial charge in [-0.25, -0.2) is 0 Å². The average Bonchev–Trinajstić information content (AvgIpc) is 3.02. The fourth-order valence-electron chi connectivity index (χ4n) is 5.84. The molecule has 4 aromatic carbocycles. The number of hydrogen-bond acceptors (Lipinski definition) is 2. The summed E-state index contributed by atoms with van der Waals surface area (Å²) < 4.78 is 13.4. The van der Waals surface area contributed by atoms with Gasteiger partial charge >= 0.3 is 0 Å². The lowest BCUT2D eigenvalue weighted by atomic mass is 9.80. The molecule has 0 N–H and O–H groups in total. The van der Waals surface area contributed by atoms with E-state index in [0.717, 1.165) is 28.5 Å². The topological polar surface area (TPSA) is 18.5 Å². The summed E-state index contributed by atoms with van der Waals surface area (Å²) in [5.41, 5.74) is 2.33. The molecule has 0 spiro atoms. The molecule has 1 aliphatic heterocycles. The van der Waals surface area contributed by atoms with Gasteiger partial charge in [0.25, 0.3) is 0 Å². The van der Waals surface area contributed by atoms with E-state index in [1.165, 1.54) is 60.1 Å². The van der Waals surface area contributed by atoms with E-state index in [1.807, 2.05) is 0 Å². The normalized spacial score (nSPS) is 20.8. The SMILES string of the molecule is CCCC1CCC(C2Oc3ccc4ccccc4c3-c3c(ccc4ccccc34)O2)CC1. The van der Waals surface area contributed by atoms with E-state index in [0.29, 0.717) is 5.92 Å². The fraction of sp³-hybridized carbons (Fsp3) is 0.333. The lowest BCUT2D eigenvalue weighted by molar-refractivity contribution is -0.0532. The van der Waals surface area contributed by atoms with Gasteiger partial charge in [-0.1, -0.05) is 80.4 Å². The van der Waals surface area contributed by atoms with Crippen molar-refractivity contribution < 1.29 is 9.47 Å². The van der Waals surface area contributed by atoms with Gasteiger partial charge in [-0.15, -0.1) is 0 Å². The molecule has 0 radical (unpaired) electrons. The highest BCUT2D eigenvalue weighted by molar-refractivity contribution is 6.09. The maximum Gasteiger partial charge on any atom is 0.243 e. The van der Waals surface area contributed by atoms with Crippen molar-refractivity contribution in [1.29, 1.82) is 0 Å². The van der Waals surface area contributed by atoms with Crippen LogP contribution in [0.2, 0.25) is 0 Å². The molecule has 0 bridgehead atoms. The van der Waals surface area contributed by atoms with Crippen molar-refractivity contribution in [2.45, 2.75) is 51.7 Å². The van der Waals surface area contributed by atoms with Gasteiger partial charge in [-0.05, 0) is 65.3 Å². The van der Waals surface area contributed by atoms with Crippen LogP contribution in [0.15, 0.2) is 72.8 Å². The Kier molecular flexibility index (Phi) is 5.02. The van der Waals surface area contributed by atoms with Crippen LogP contribution in [-0.2, 0) is 0 Å². The van der Waals surface area contributed by atoms with Gasteiger partial charge < -0.3 is 9.47 Å². The lowest BCUT2D eigenvalue weighted by Crippen LogP contribution is -2.35. The largest absolute Gasteiger partial charge is 0.454 e. The van der Waals surface area contributed by atoms with E-state index < -0.39 is 0 Å². The second-order valence-electron chi connectivity index (χ2n) is 9.49. The average molecular weight is 423 g/mol. The quantitative estimate of drug-likeness (QED) is 0.330. The van der Waals surface area contributed by atoms with E-state index in [-0.39, 0.29) is 6.29 Å². The van der Waals surface area contributed by atoms with Gasteiger partial charge in [0, 0.05) is 17.0 Å². The van der Waals surface area contributed by atoms with Crippen molar-refractivity contribution in [2.24, 2.45) is 11.8 Å². The summed E-state index contributed by atoms with van der Waals surface area (Å²) in [6.45, 7) is 2.30. The van der Waals surface area contributed by atoms with Crippen LogP contribution in [0, 0.1) is 11.8 Å². The number of rotatable bonds is 3. The van der Waals surface area contributed by atoms with Crippen LogP contribution in [0.3, 0.4) is 0 Å². The third kappa shape index (κ3) is 3.33. The van der Waals surface area contributed by atoms with E-state index in [2.05, 4.69) is 79.7 Å². The van der Waals surface area contributed by atoms with Gasteiger partial charge in [0.2, 0.25) is 6.29 Å². The Balaban J connectivity index is 1.50. The number of fused-ring (bicyclic) bond motifs is 7. The lowest BCUT2D eigenvalue weighted by Gasteiger charge is -2.33. The van der Waals surface area contributed by atoms with Crippen LogP contribution in [0.4, 0.5) is 0 Å². The summed E-state index contributed by atoms with van der Waals surface area (Å²) in [5.74, 6) is 3.19. The van der Waals surface area contributed by atoms with Gasteiger partial charge in [-0.2, -0.15) is 0 Å². The van der Waals surface area contributed by atoms with E-state index >= 15 is 0 Å². The highest BCUT2D eigenvalue weighted by Gasteiger charge is 2.34. The zero-order valence-electron chi connectivity index (χ0n) is 18.7. The molecule has 1 aliphatic carbocycles. The highest BCUT2D eigenvalue weighted by atomic mass is 16.7. The molecule has 1 saturated carbocycles. The van der Waals surface area contributed by atoms with Gasteiger partial charge in [0.05, 0.1) is 0 Å². The Morgan fingerprint density at radius 3 is 1.72 bits per heavy atom. The molecule has 0 aromatic heterocycles. The first-order valence-corrected chi connectivity index (χ1v) is 12.2. The standard InChI is InChI=1S/C30H30O2/c1-2-7-20-12-14-23(15-13-20)30-31-26-18-16-21-8-3-5-10-24(21)28(26)29-25-11-6-4-9-22(25)17-19-27(29)32-30/h3-6,8-11,16-20,23,30H,2,7,12-15H2,1H3. The second-order valence-corrected chi connectivity index (χ2v) is 9.49. The maximum atomic E-state index is 6.71. The van der Waals surface area contributed by atoms with Gasteiger partial charge in [0.1, 0.15) is 11.5 Å². The van der Waals surface area contributed by atoms with Gasteiger partial charge in [0.15, 0.2) is 0 Å². The van der Waals surface area contributed by atoms with E-state index in [4.69, 9.17) is 9.47 Å². The minimum Gasteiger partial charge on any atom is -0.454 e. The van der Waals surface area contributed by atoms with Crippen molar-refractivity contribution in [3.05, 3.63) is 72.8 Å². The Morgan fingerprint density at radius 1 is 0.656 bits per heavy atom. The third-order valence-corrected chi connectivity index (χ3v) is 7.49. The fourth-order valence-corrected chi connectivity index (χ4v) is 5.84. The van der Waals surface area contributed by atoms with Crippen LogP contribution >= 0.6 is 0 Å². The minimum absolute atomic E-state index is 0.236. The van der Waals surface area contributed by atoms with Crippen LogP contribution in [0.25, 0.3) is 32.7 Å². The molecule has 2 nitrogen and oxygen atoms in total. The summed E-state index contributed by atoms with van der Waals surface area (Å²) in [4.78, 5) is 0. The zero-order valence-corrected chi connectivity index (χ0v) is 18.7. The monoisotopic (exact) mass is 422 g/mol. The summed E-state index contributed by atoms with van der Waals surface area (Å²) in [5, 5.41) is 4.90.